The maximum Gasteiger partial charge on any atom is 0.274 e. The minimum atomic E-state index is -3.68. The van der Waals surface area contributed by atoms with Crippen LogP contribution in [0.5, 0.6) is 0 Å². The molecule has 0 bridgehead atoms. The van der Waals surface area contributed by atoms with E-state index in [-0.39, 0.29) is 23.3 Å². The summed E-state index contributed by atoms with van der Waals surface area (Å²) in [6, 6.07) is 2.81. The van der Waals surface area contributed by atoms with E-state index < -0.39 is 10.0 Å². The van der Waals surface area contributed by atoms with E-state index >= 15 is 0 Å². The first kappa shape index (κ1) is 18.2. The second-order valence-electron chi connectivity index (χ2n) is 6.06. The van der Waals surface area contributed by atoms with Gasteiger partial charge in [-0.3, -0.25) is 0 Å². The Balaban J connectivity index is 2.74. The first-order valence-corrected chi connectivity index (χ1v) is 8.63. The van der Waals surface area contributed by atoms with Gasteiger partial charge in [0.2, 0.25) is 5.09 Å². The first-order chi connectivity index (χ1) is 9.68. The van der Waals surface area contributed by atoms with Crippen molar-refractivity contribution in [2.75, 3.05) is 6.61 Å². The molecule has 0 amide bonds. The van der Waals surface area contributed by atoms with E-state index in [1.807, 2.05) is 27.7 Å². The van der Waals surface area contributed by atoms with Crippen LogP contribution in [0, 0.1) is 0 Å². The molecule has 0 spiro atoms. The Hall–Kier alpha value is -0.890. The molecule has 1 rings (SSSR count). The lowest BCUT2D eigenvalue weighted by Gasteiger charge is -2.19. The number of hydrogen-bond acceptors (Lipinski definition) is 5. The van der Waals surface area contributed by atoms with Crippen molar-refractivity contribution in [3.8, 4) is 0 Å². The van der Waals surface area contributed by atoms with Gasteiger partial charge in [0.15, 0.2) is 0 Å². The smallest absolute Gasteiger partial charge is 0.274 e. The van der Waals surface area contributed by atoms with E-state index in [1.165, 1.54) is 6.07 Å². The van der Waals surface area contributed by atoms with E-state index in [1.54, 1.807) is 6.07 Å². The van der Waals surface area contributed by atoms with Crippen molar-refractivity contribution in [1.29, 1.82) is 0 Å². The Morgan fingerprint density at radius 1 is 1.33 bits per heavy atom. The van der Waals surface area contributed by atoms with Crippen LogP contribution in [0.2, 0.25) is 0 Å². The predicted octanol–water partition coefficient (Wildman–Crippen LogP) is 1.61. The Bertz CT molecular complexity index is 531. The largest absolute Gasteiger partial charge is 0.447 e. The molecule has 0 aromatic carbocycles. The molecule has 0 aliphatic rings. The molecule has 0 aliphatic carbocycles. The van der Waals surface area contributed by atoms with Gasteiger partial charge in [0.1, 0.15) is 5.76 Å². The number of hydrogen-bond donors (Lipinski definition) is 3. The summed E-state index contributed by atoms with van der Waals surface area (Å²) in [4.78, 5) is 0. The first-order valence-electron chi connectivity index (χ1n) is 7.15. The highest BCUT2D eigenvalue weighted by Crippen LogP contribution is 2.16. The fourth-order valence-electron chi connectivity index (χ4n) is 1.73. The Labute approximate surface area is 127 Å². The summed E-state index contributed by atoms with van der Waals surface area (Å²) in [6.07, 6.45) is 0.994. The van der Waals surface area contributed by atoms with Gasteiger partial charge in [-0.25, -0.2) is 13.1 Å². The van der Waals surface area contributed by atoms with E-state index in [2.05, 4.69) is 10.0 Å². The minimum Gasteiger partial charge on any atom is -0.447 e. The van der Waals surface area contributed by atoms with Crippen LogP contribution in [-0.2, 0) is 16.6 Å². The summed E-state index contributed by atoms with van der Waals surface area (Å²) in [5, 5.41) is 12.1. The number of nitrogens with one attached hydrogen (secondary N) is 2. The number of sulfonamides is 1. The lowest BCUT2D eigenvalue weighted by molar-refractivity contribution is 0.269. The molecule has 21 heavy (non-hydrogen) atoms. The summed E-state index contributed by atoms with van der Waals surface area (Å²) in [6.45, 7) is 8.35. The third kappa shape index (κ3) is 6.17. The average Bonchev–Trinajstić information content (AvgIpc) is 2.84. The van der Waals surface area contributed by atoms with E-state index in [0.717, 1.165) is 0 Å². The Morgan fingerprint density at radius 3 is 2.52 bits per heavy atom. The van der Waals surface area contributed by atoms with Gasteiger partial charge in [-0.1, -0.05) is 6.92 Å². The van der Waals surface area contributed by atoms with Gasteiger partial charge < -0.3 is 14.8 Å². The van der Waals surface area contributed by atoms with Crippen LogP contribution >= 0.6 is 0 Å². The zero-order valence-corrected chi connectivity index (χ0v) is 14.0. The number of aliphatic hydroxyl groups excluding tert-OH is 1. The van der Waals surface area contributed by atoms with Crippen LogP contribution in [0.15, 0.2) is 21.6 Å². The fourth-order valence-corrected chi connectivity index (χ4v) is 3.03. The van der Waals surface area contributed by atoms with Gasteiger partial charge in [-0.15, -0.1) is 0 Å². The van der Waals surface area contributed by atoms with Gasteiger partial charge >= 0.3 is 0 Å². The molecule has 1 atom stereocenters. The predicted molar refractivity (Wildman–Crippen MR) is 81.4 cm³/mol. The van der Waals surface area contributed by atoms with Gasteiger partial charge in [-0.05, 0) is 45.7 Å². The number of rotatable bonds is 8. The van der Waals surface area contributed by atoms with Crippen LogP contribution in [0.4, 0.5) is 0 Å². The molecule has 7 heteroatoms. The molecule has 0 saturated heterocycles. The van der Waals surface area contributed by atoms with Crippen molar-refractivity contribution in [1.82, 2.24) is 10.0 Å². The van der Waals surface area contributed by atoms with Crippen LogP contribution in [0.25, 0.3) is 0 Å². The molecule has 0 saturated carbocycles. The topological polar surface area (TPSA) is 91.6 Å². The summed E-state index contributed by atoms with van der Waals surface area (Å²) in [7, 11) is -3.68. The van der Waals surface area contributed by atoms with Gasteiger partial charge in [0.25, 0.3) is 10.0 Å². The molecular formula is C14H26N2O4S. The molecule has 3 N–H and O–H groups in total. The van der Waals surface area contributed by atoms with Crippen LogP contribution < -0.4 is 10.0 Å². The van der Waals surface area contributed by atoms with Gasteiger partial charge in [-0.2, -0.15) is 0 Å². The SMILES string of the molecule is CCC(CCO)NS(=O)(=O)c1ccc(CNC(C)(C)C)o1. The quantitative estimate of drug-likeness (QED) is 0.677. The normalized spacial score (nSPS) is 14.3. The molecule has 1 heterocycles. The standard InChI is InChI=1S/C14H26N2O4S/c1-5-11(8-9-17)16-21(18,19)13-7-6-12(20-13)10-15-14(2,3)4/h6-7,11,15-17H,5,8-10H2,1-4H3. The molecule has 122 valence electrons. The van der Waals surface area contributed by atoms with Crippen molar-refractivity contribution in [2.45, 2.75) is 63.8 Å². The molecule has 0 radical (unpaired) electrons. The molecule has 0 aliphatic heterocycles. The molecule has 1 unspecified atom stereocenters. The van der Waals surface area contributed by atoms with E-state index in [0.29, 0.717) is 25.1 Å². The molecular weight excluding hydrogens is 292 g/mol. The van der Waals surface area contributed by atoms with Gasteiger partial charge in [0.05, 0.1) is 6.54 Å². The maximum atomic E-state index is 12.2. The summed E-state index contributed by atoms with van der Waals surface area (Å²) < 4.78 is 32.3. The van der Waals surface area contributed by atoms with Crippen molar-refractivity contribution >= 4 is 10.0 Å². The lowest BCUT2D eigenvalue weighted by Crippen LogP contribution is -2.35. The summed E-state index contributed by atoms with van der Waals surface area (Å²) in [5.41, 5.74) is -0.0709. The molecule has 0 fully saturated rings. The van der Waals surface area contributed by atoms with Crippen molar-refractivity contribution in [2.24, 2.45) is 0 Å². The van der Waals surface area contributed by atoms with Crippen LogP contribution in [-0.4, -0.2) is 31.7 Å². The van der Waals surface area contributed by atoms with E-state index in [9.17, 15) is 8.42 Å². The summed E-state index contributed by atoms with van der Waals surface area (Å²) >= 11 is 0. The lowest BCUT2D eigenvalue weighted by atomic mass is 10.1. The molecule has 1 aromatic rings. The third-order valence-corrected chi connectivity index (χ3v) is 4.38. The minimum absolute atomic E-state index is 0.0556. The zero-order chi connectivity index (χ0) is 16.1. The number of aliphatic hydroxyl groups is 1. The second-order valence-corrected chi connectivity index (χ2v) is 7.71. The van der Waals surface area contributed by atoms with E-state index in [4.69, 9.17) is 9.52 Å². The third-order valence-electron chi connectivity index (χ3n) is 2.99. The highest BCUT2D eigenvalue weighted by atomic mass is 32.2. The van der Waals surface area contributed by atoms with Gasteiger partial charge in [0, 0.05) is 18.2 Å². The highest BCUT2D eigenvalue weighted by molar-refractivity contribution is 7.89. The number of furan rings is 1. The Morgan fingerprint density at radius 2 is 2.00 bits per heavy atom. The van der Waals surface area contributed by atoms with Crippen molar-refractivity contribution in [3.63, 3.8) is 0 Å². The highest BCUT2D eigenvalue weighted by Gasteiger charge is 2.22. The zero-order valence-electron chi connectivity index (χ0n) is 13.1. The van der Waals surface area contributed by atoms with Crippen LogP contribution in [0.1, 0.15) is 46.3 Å². The van der Waals surface area contributed by atoms with Crippen molar-refractivity contribution in [3.05, 3.63) is 17.9 Å². The second kappa shape index (κ2) is 7.40. The van der Waals surface area contributed by atoms with Crippen molar-refractivity contribution < 1.29 is 17.9 Å². The maximum absolute atomic E-state index is 12.2. The fraction of sp³-hybridized carbons (Fsp3) is 0.714. The average molecular weight is 318 g/mol. The van der Waals surface area contributed by atoms with Crippen LogP contribution in [0.3, 0.4) is 0 Å². The monoisotopic (exact) mass is 318 g/mol. The summed E-state index contributed by atoms with van der Waals surface area (Å²) in [5.74, 6) is 0.570. The molecule has 6 nitrogen and oxygen atoms in total. The molecule has 1 aromatic heterocycles. The Kier molecular flexibility index (Phi) is 6.40.